The summed E-state index contributed by atoms with van der Waals surface area (Å²) >= 11 is 0. The summed E-state index contributed by atoms with van der Waals surface area (Å²) in [6, 6.07) is 0. The van der Waals surface area contributed by atoms with E-state index < -0.39 is 5.54 Å². The highest BCUT2D eigenvalue weighted by Crippen LogP contribution is 2.25. The van der Waals surface area contributed by atoms with Gasteiger partial charge in [-0.1, -0.05) is 19.3 Å². The molecule has 1 rings (SSSR count). The number of hydrogen-bond donors (Lipinski definition) is 2. The van der Waals surface area contributed by atoms with Crippen molar-refractivity contribution < 1.29 is 9.53 Å². The third kappa shape index (κ3) is 6.03. The molecule has 1 aliphatic carbocycles. The van der Waals surface area contributed by atoms with Crippen molar-refractivity contribution in [3.05, 3.63) is 0 Å². The largest absolute Gasteiger partial charge is 0.385 e. The molecule has 0 aromatic heterocycles. The lowest BCUT2D eigenvalue weighted by Crippen LogP contribution is -2.55. The molecular weight excluding hydrogens is 252 g/mol. The summed E-state index contributed by atoms with van der Waals surface area (Å²) in [5, 5.41) is 2.97. The van der Waals surface area contributed by atoms with Crippen molar-refractivity contribution in [3.8, 4) is 0 Å². The Labute approximate surface area is 116 Å². The molecule has 1 amide bonds. The predicted molar refractivity (Wildman–Crippen MR) is 76.0 cm³/mol. The van der Waals surface area contributed by atoms with Gasteiger partial charge in [0.05, 0.1) is 5.54 Å². The van der Waals surface area contributed by atoms with E-state index in [1.54, 1.807) is 7.11 Å². The van der Waals surface area contributed by atoms with Crippen LogP contribution >= 0.6 is 12.4 Å². The number of halogens is 1. The molecule has 0 aromatic carbocycles. The highest BCUT2D eigenvalue weighted by molar-refractivity contribution is 5.86. The van der Waals surface area contributed by atoms with Crippen LogP contribution in [-0.2, 0) is 9.53 Å². The van der Waals surface area contributed by atoms with E-state index in [4.69, 9.17) is 10.5 Å². The monoisotopic (exact) mass is 278 g/mol. The summed E-state index contributed by atoms with van der Waals surface area (Å²) in [5.41, 5.74) is 5.54. The number of methoxy groups -OCH3 is 1. The molecule has 0 heterocycles. The Bertz CT molecular complexity index is 231. The van der Waals surface area contributed by atoms with Crippen LogP contribution in [0.2, 0.25) is 0 Å². The maximum Gasteiger partial charge on any atom is 0.240 e. The third-order valence-corrected chi connectivity index (χ3v) is 3.51. The highest BCUT2D eigenvalue weighted by Gasteiger charge is 2.34. The Hall–Kier alpha value is -0.320. The molecule has 18 heavy (non-hydrogen) atoms. The lowest BCUT2D eigenvalue weighted by Gasteiger charge is -2.31. The molecule has 108 valence electrons. The first kappa shape index (κ1) is 17.7. The van der Waals surface area contributed by atoms with Crippen LogP contribution in [0.5, 0.6) is 0 Å². The van der Waals surface area contributed by atoms with Gasteiger partial charge in [-0.05, 0) is 32.1 Å². The molecule has 0 spiro atoms. The first-order chi connectivity index (χ1) is 8.19. The van der Waals surface area contributed by atoms with E-state index in [0.29, 0.717) is 0 Å². The quantitative estimate of drug-likeness (QED) is 0.700. The molecule has 4 nitrogen and oxygen atoms in total. The van der Waals surface area contributed by atoms with Crippen molar-refractivity contribution in [1.82, 2.24) is 5.32 Å². The smallest absolute Gasteiger partial charge is 0.240 e. The average Bonchev–Trinajstić information content (AvgIpc) is 2.34. The minimum absolute atomic E-state index is 0. The number of carbonyl (C=O) groups is 1. The van der Waals surface area contributed by atoms with E-state index in [-0.39, 0.29) is 18.3 Å². The maximum absolute atomic E-state index is 11.9. The van der Waals surface area contributed by atoms with Gasteiger partial charge in [0.2, 0.25) is 5.91 Å². The number of hydrogen-bond acceptors (Lipinski definition) is 3. The van der Waals surface area contributed by atoms with Crippen molar-refractivity contribution in [1.29, 1.82) is 0 Å². The summed E-state index contributed by atoms with van der Waals surface area (Å²) in [4.78, 5) is 11.9. The van der Waals surface area contributed by atoms with E-state index in [9.17, 15) is 4.79 Å². The molecule has 1 fully saturated rings. The number of nitrogens with two attached hydrogens (primary N) is 1. The molecular formula is C13H27ClN2O2. The second kappa shape index (κ2) is 9.59. The molecule has 0 bridgehead atoms. The van der Waals surface area contributed by atoms with E-state index in [2.05, 4.69) is 5.32 Å². The van der Waals surface area contributed by atoms with Crippen molar-refractivity contribution in [2.75, 3.05) is 20.3 Å². The summed E-state index contributed by atoms with van der Waals surface area (Å²) in [6.07, 6.45) is 8.20. The van der Waals surface area contributed by atoms with Crippen LogP contribution in [0.4, 0.5) is 0 Å². The molecule has 1 aliphatic rings. The van der Waals surface area contributed by atoms with Gasteiger partial charge >= 0.3 is 0 Å². The van der Waals surface area contributed by atoms with Crippen LogP contribution in [0, 0.1) is 0 Å². The number of carbonyl (C=O) groups excluding carboxylic acids is 1. The Morgan fingerprint density at radius 2 is 1.89 bits per heavy atom. The topological polar surface area (TPSA) is 64.3 Å². The maximum atomic E-state index is 11.9. The second-order valence-electron chi connectivity index (χ2n) is 5.03. The second-order valence-corrected chi connectivity index (χ2v) is 5.03. The van der Waals surface area contributed by atoms with Crippen LogP contribution < -0.4 is 11.1 Å². The number of nitrogens with one attached hydrogen (secondary N) is 1. The van der Waals surface area contributed by atoms with E-state index in [1.807, 2.05) is 0 Å². The van der Waals surface area contributed by atoms with Gasteiger partial charge < -0.3 is 15.8 Å². The number of rotatable bonds is 7. The Morgan fingerprint density at radius 1 is 1.22 bits per heavy atom. The van der Waals surface area contributed by atoms with E-state index >= 15 is 0 Å². The minimum Gasteiger partial charge on any atom is -0.385 e. The zero-order valence-corrected chi connectivity index (χ0v) is 12.2. The van der Waals surface area contributed by atoms with Crippen LogP contribution in [0.15, 0.2) is 0 Å². The fraction of sp³-hybridized carbons (Fsp3) is 0.923. The lowest BCUT2D eigenvalue weighted by molar-refractivity contribution is -0.127. The van der Waals surface area contributed by atoms with Crippen LogP contribution in [-0.4, -0.2) is 31.7 Å². The predicted octanol–water partition coefficient (Wildman–Crippen LogP) is 2.00. The van der Waals surface area contributed by atoms with Gasteiger partial charge in [0, 0.05) is 20.3 Å². The Kier molecular flexibility index (Phi) is 9.42. The number of ether oxygens (including phenoxy) is 1. The standard InChI is InChI=1S/C13H26N2O2.ClH/c1-17-11-7-3-6-10-15-12(16)13(14)8-4-2-5-9-13;/h2-11,14H2,1H3,(H,15,16);1H. The minimum atomic E-state index is -0.592. The van der Waals surface area contributed by atoms with Gasteiger partial charge in [-0.2, -0.15) is 0 Å². The van der Waals surface area contributed by atoms with Gasteiger partial charge in [0.1, 0.15) is 0 Å². The lowest BCUT2D eigenvalue weighted by atomic mass is 9.82. The van der Waals surface area contributed by atoms with Gasteiger partial charge in [0.25, 0.3) is 0 Å². The zero-order chi connectivity index (χ0) is 12.6. The molecule has 0 aliphatic heterocycles. The number of amides is 1. The van der Waals surface area contributed by atoms with Crippen molar-refractivity contribution in [2.45, 2.75) is 56.9 Å². The number of unbranched alkanes of at least 4 members (excludes halogenated alkanes) is 2. The SMILES string of the molecule is COCCCCCNC(=O)C1(N)CCCCC1.Cl. The van der Waals surface area contributed by atoms with E-state index in [0.717, 1.165) is 58.1 Å². The molecule has 1 saturated carbocycles. The Balaban J connectivity index is 0.00000289. The third-order valence-electron chi connectivity index (χ3n) is 3.51. The van der Waals surface area contributed by atoms with Crippen LogP contribution in [0.3, 0.4) is 0 Å². The zero-order valence-electron chi connectivity index (χ0n) is 11.4. The molecule has 0 radical (unpaired) electrons. The molecule has 0 aromatic rings. The van der Waals surface area contributed by atoms with Crippen LogP contribution in [0.25, 0.3) is 0 Å². The molecule has 0 saturated heterocycles. The molecule has 0 atom stereocenters. The highest BCUT2D eigenvalue weighted by atomic mass is 35.5. The van der Waals surface area contributed by atoms with Crippen LogP contribution in [0.1, 0.15) is 51.4 Å². The first-order valence-corrected chi connectivity index (χ1v) is 6.75. The molecule has 5 heteroatoms. The van der Waals surface area contributed by atoms with Gasteiger partial charge in [-0.3, -0.25) is 4.79 Å². The van der Waals surface area contributed by atoms with Crippen molar-refractivity contribution >= 4 is 18.3 Å². The summed E-state index contributed by atoms with van der Waals surface area (Å²) < 4.78 is 4.97. The normalized spacial score (nSPS) is 17.9. The fourth-order valence-electron chi connectivity index (χ4n) is 2.34. The average molecular weight is 279 g/mol. The van der Waals surface area contributed by atoms with E-state index in [1.165, 1.54) is 6.42 Å². The molecule has 0 unspecified atom stereocenters. The van der Waals surface area contributed by atoms with Crippen molar-refractivity contribution in [3.63, 3.8) is 0 Å². The summed E-state index contributed by atoms with van der Waals surface area (Å²) in [6.45, 7) is 1.54. The fourth-order valence-corrected chi connectivity index (χ4v) is 2.34. The molecule has 3 N–H and O–H groups in total. The van der Waals surface area contributed by atoms with Gasteiger partial charge in [-0.15, -0.1) is 12.4 Å². The van der Waals surface area contributed by atoms with Crippen molar-refractivity contribution in [2.24, 2.45) is 5.73 Å². The van der Waals surface area contributed by atoms with Gasteiger partial charge in [-0.25, -0.2) is 0 Å². The Morgan fingerprint density at radius 3 is 2.50 bits per heavy atom. The van der Waals surface area contributed by atoms with Gasteiger partial charge in [0.15, 0.2) is 0 Å². The first-order valence-electron chi connectivity index (χ1n) is 6.75. The summed E-state index contributed by atoms with van der Waals surface area (Å²) in [7, 11) is 1.71. The summed E-state index contributed by atoms with van der Waals surface area (Å²) in [5.74, 6) is 0.0453.